The molecule has 1 N–H and O–H groups in total. The van der Waals surface area contributed by atoms with Crippen molar-refractivity contribution in [3.63, 3.8) is 0 Å². The first-order valence-electron chi connectivity index (χ1n) is 7.99. The molecule has 0 heterocycles. The molecule has 0 radical (unpaired) electrons. The Morgan fingerprint density at radius 3 is 1.68 bits per heavy atom. The fourth-order valence-electron chi connectivity index (χ4n) is 2.16. The van der Waals surface area contributed by atoms with Gasteiger partial charge in [0.2, 0.25) is 5.75 Å². The van der Waals surface area contributed by atoms with Gasteiger partial charge in [-0.3, -0.25) is 19.2 Å². The van der Waals surface area contributed by atoms with Crippen LogP contribution in [0, 0.1) is 0 Å². The average Bonchev–Trinajstić information content (AvgIpc) is 2.58. The molecular formula is C19H17NO7S. The van der Waals surface area contributed by atoms with Crippen LogP contribution >= 0.6 is 12.6 Å². The van der Waals surface area contributed by atoms with Gasteiger partial charge in [0.05, 0.1) is 0 Å². The fraction of sp³-hybridized carbons (Fsp3) is 0.158. The number of ether oxygens (including phenoxy) is 3. The van der Waals surface area contributed by atoms with Crippen molar-refractivity contribution in [2.75, 3.05) is 5.32 Å². The van der Waals surface area contributed by atoms with Crippen LogP contribution in [0.5, 0.6) is 17.2 Å². The Kier molecular flexibility index (Phi) is 6.78. The first-order chi connectivity index (χ1) is 13.2. The number of rotatable bonds is 5. The molecule has 0 aliphatic carbocycles. The molecule has 2 aromatic carbocycles. The van der Waals surface area contributed by atoms with Crippen LogP contribution in [0.25, 0.3) is 0 Å². The van der Waals surface area contributed by atoms with E-state index in [1.165, 1.54) is 12.1 Å². The van der Waals surface area contributed by atoms with Crippen molar-refractivity contribution in [1.82, 2.24) is 0 Å². The van der Waals surface area contributed by atoms with Gasteiger partial charge in [0.25, 0.3) is 5.91 Å². The monoisotopic (exact) mass is 403 g/mol. The minimum absolute atomic E-state index is 0.0124. The van der Waals surface area contributed by atoms with Crippen LogP contribution in [-0.4, -0.2) is 23.8 Å². The summed E-state index contributed by atoms with van der Waals surface area (Å²) < 4.78 is 15.1. The molecule has 0 aliphatic heterocycles. The molecule has 0 saturated heterocycles. The van der Waals surface area contributed by atoms with Gasteiger partial charge in [-0.2, -0.15) is 0 Å². The van der Waals surface area contributed by atoms with Crippen molar-refractivity contribution in [1.29, 1.82) is 0 Å². The number of anilines is 1. The van der Waals surface area contributed by atoms with Gasteiger partial charge in [0.15, 0.2) is 11.5 Å². The maximum atomic E-state index is 12.6. The number of carbonyl (C=O) groups is 4. The van der Waals surface area contributed by atoms with Crippen molar-refractivity contribution in [2.24, 2.45) is 0 Å². The van der Waals surface area contributed by atoms with Gasteiger partial charge in [0.1, 0.15) is 0 Å². The predicted molar refractivity (Wildman–Crippen MR) is 102 cm³/mol. The molecule has 1 amide bonds. The summed E-state index contributed by atoms with van der Waals surface area (Å²) in [6, 6.07) is 9.08. The van der Waals surface area contributed by atoms with Crippen LogP contribution in [0.15, 0.2) is 41.3 Å². The summed E-state index contributed by atoms with van der Waals surface area (Å²) in [4.78, 5) is 47.5. The minimum atomic E-state index is -0.731. The van der Waals surface area contributed by atoms with Crippen molar-refractivity contribution in [2.45, 2.75) is 25.7 Å². The van der Waals surface area contributed by atoms with Crippen LogP contribution in [0.2, 0.25) is 0 Å². The second kappa shape index (κ2) is 9.05. The molecule has 0 fully saturated rings. The molecule has 0 spiro atoms. The number of benzene rings is 2. The highest BCUT2D eigenvalue weighted by Gasteiger charge is 2.22. The van der Waals surface area contributed by atoms with Gasteiger partial charge in [0, 0.05) is 36.9 Å². The Bertz CT molecular complexity index is 901. The van der Waals surface area contributed by atoms with E-state index < -0.39 is 23.8 Å². The molecule has 28 heavy (non-hydrogen) atoms. The third-order valence-electron chi connectivity index (χ3n) is 3.16. The zero-order valence-electron chi connectivity index (χ0n) is 15.3. The summed E-state index contributed by atoms with van der Waals surface area (Å²) in [5.74, 6) is -3.49. The third kappa shape index (κ3) is 5.85. The van der Waals surface area contributed by atoms with E-state index >= 15 is 0 Å². The zero-order valence-corrected chi connectivity index (χ0v) is 16.2. The zero-order chi connectivity index (χ0) is 20.8. The summed E-state index contributed by atoms with van der Waals surface area (Å²) in [6.45, 7) is 3.39. The number of thiol groups is 1. The highest BCUT2D eigenvalue weighted by atomic mass is 32.1. The molecule has 0 bridgehead atoms. The van der Waals surface area contributed by atoms with E-state index in [1.807, 2.05) is 0 Å². The van der Waals surface area contributed by atoms with Crippen LogP contribution in [0.3, 0.4) is 0 Å². The van der Waals surface area contributed by atoms with Gasteiger partial charge >= 0.3 is 17.9 Å². The molecule has 2 aromatic rings. The van der Waals surface area contributed by atoms with Crippen LogP contribution < -0.4 is 19.5 Å². The largest absolute Gasteiger partial charge is 0.423 e. The molecule has 8 nitrogen and oxygen atoms in total. The van der Waals surface area contributed by atoms with Crippen molar-refractivity contribution < 1.29 is 33.4 Å². The Morgan fingerprint density at radius 1 is 0.786 bits per heavy atom. The number of amides is 1. The number of esters is 3. The van der Waals surface area contributed by atoms with Gasteiger partial charge in [-0.15, -0.1) is 12.6 Å². The molecule has 0 aromatic heterocycles. The summed E-state index contributed by atoms with van der Waals surface area (Å²) in [5, 5.41) is 2.65. The lowest BCUT2D eigenvalue weighted by Crippen LogP contribution is -2.15. The van der Waals surface area contributed by atoms with E-state index in [2.05, 4.69) is 17.9 Å². The Hall–Kier alpha value is -3.33. The van der Waals surface area contributed by atoms with Crippen molar-refractivity contribution in [3.05, 3.63) is 42.0 Å². The molecule has 0 saturated carbocycles. The second-order valence-corrected chi connectivity index (χ2v) is 6.10. The highest BCUT2D eigenvalue weighted by molar-refractivity contribution is 7.80. The number of hydrogen-bond donors (Lipinski definition) is 2. The van der Waals surface area contributed by atoms with E-state index in [-0.39, 0.29) is 22.8 Å². The molecule has 9 heteroatoms. The summed E-state index contributed by atoms with van der Waals surface area (Å²) in [6.07, 6.45) is 0. The standard InChI is InChI=1S/C19H17NO7S/c1-10(21)25-16-8-13(19(24)20-14-4-6-15(28)7-5-14)9-17(26-11(2)22)18(16)27-12(3)23/h4-9,28H,1-3H3,(H,20,24). The lowest BCUT2D eigenvalue weighted by atomic mass is 10.1. The molecule has 2 rings (SSSR count). The fourth-order valence-corrected chi connectivity index (χ4v) is 2.31. The van der Waals surface area contributed by atoms with E-state index in [9.17, 15) is 19.2 Å². The third-order valence-corrected chi connectivity index (χ3v) is 3.46. The maximum Gasteiger partial charge on any atom is 0.308 e. The highest BCUT2D eigenvalue weighted by Crippen LogP contribution is 2.39. The summed E-state index contributed by atoms with van der Waals surface area (Å²) in [5.41, 5.74) is 0.508. The lowest BCUT2D eigenvalue weighted by Gasteiger charge is -2.15. The van der Waals surface area contributed by atoms with E-state index in [0.29, 0.717) is 5.69 Å². The van der Waals surface area contributed by atoms with Crippen molar-refractivity contribution >= 4 is 42.1 Å². The van der Waals surface area contributed by atoms with E-state index in [1.54, 1.807) is 24.3 Å². The predicted octanol–water partition coefficient (Wildman–Crippen LogP) is 3.00. The van der Waals surface area contributed by atoms with Crippen molar-refractivity contribution in [3.8, 4) is 17.2 Å². The number of hydrogen-bond acceptors (Lipinski definition) is 8. The van der Waals surface area contributed by atoms with E-state index in [4.69, 9.17) is 14.2 Å². The van der Waals surface area contributed by atoms with Crippen LogP contribution in [-0.2, 0) is 14.4 Å². The van der Waals surface area contributed by atoms with E-state index in [0.717, 1.165) is 25.7 Å². The molecule has 0 atom stereocenters. The van der Waals surface area contributed by atoms with Crippen LogP contribution in [0.4, 0.5) is 5.69 Å². The molecule has 146 valence electrons. The average molecular weight is 403 g/mol. The number of carbonyl (C=O) groups excluding carboxylic acids is 4. The summed E-state index contributed by atoms with van der Waals surface area (Å²) in [7, 11) is 0. The molecular weight excluding hydrogens is 386 g/mol. The quantitative estimate of drug-likeness (QED) is 0.449. The molecule has 0 unspecified atom stereocenters. The first-order valence-corrected chi connectivity index (χ1v) is 8.44. The SMILES string of the molecule is CC(=O)Oc1cc(C(=O)Nc2ccc(S)cc2)cc(OC(C)=O)c1OC(C)=O. The molecule has 0 aliphatic rings. The van der Waals surface area contributed by atoms with Gasteiger partial charge in [-0.1, -0.05) is 0 Å². The summed E-state index contributed by atoms with van der Waals surface area (Å²) >= 11 is 4.17. The second-order valence-electron chi connectivity index (χ2n) is 5.58. The van der Waals surface area contributed by atoms with Gasteiger partial charge in [-0.25, -0.2) is 0 Å². The Morgan fingerprint density at radius 2 is 1.25 bits per heavy atom. The lowest BCUT2D eigenvalue weighted by molar-refractivity contribution is -0.135. The number of nitrogens with one attached hydrogen (secondary N) is 1. The smallest absolute Gasteiger partial charge is 0.308 e. The van der Waals surface area contributed by atoms with Crippen LogP contribution in [0.1, 0.15) is 31.1 Å². The Balaban J connectivity index is 2.48. The minimum Gasteiger partial charge on any atom is -0.423 e. The topological polar surface area (TPSA) is 108 Å². The van der Waals surface area contributed by atoms with Gasteiger partial charge < -0.3 is 19.5 Å². The van der Waals surface area contributed by atoms with Gasteiger partial charge in [-0.05, 0) is 36.4 Å². The maximum absolute atomic E-state index is 12.6. The Labute approximate surface area is 166 Å². The normalized spacial score (nSPS) is 10.0. The first kappa shape index (κ1) is 21.0.